The molecule has 0 bridgehead atoms. The summed E-state index contributed by atoms with van der Waals surface area (Å²) in [6, 6.07) is 18.8. The third kappa shape index (κ3) is 6.42. The Bertz CT molecular complexity index is 1050. The van der Waals surface area contributed by atoms with Crippen LogP contribution in [0.2, 0.25) is 5.02 Å². The van der Waals surface area contributed by atoms with Crippen molar-refractivity contribution in [1.82, 2.24) is 5.43 Å². The maximum atomic E-state index is 12.9. The van der Waals surface area contributed by atoms with Crippen molar-refractivity contribution in [2.24, 2.45) is 5.10 Å². The SMILES string of the molecule is O=C(COc1ccc(/C=N\NC(=O)c2cccc(Cl)c2)cc1)Nc1ccc(F)cc1. The second-order valence-corrected chi connectivity index (χ2v) is 6.56. The van der Waals surface area contributed by atoms with E-state index in [-0.39, 0.29) is 24.2 Å². The lowest BCUT2D eigenvalue weighted by atomic mass is 10.2. The predicted octanol–water partition coefficient (Wildman–Crippen LogP) is 4.26. The molecular formula is C22H17ClFN3O3. The molecule has 0 radical (unpaired) electrons. The molecule has 2 amide bonds. The number of carbonyl (C=O) groups is 2. The van der Waals surface area contributed by atoms with Gasteiger partial charge in [0.1, 0.15) is 11.6 Å². The minimum atomic E-state index is -0.378. The van der Waals surface area contributed by atoms with E-state index in [0.29, 0.717) is 22.0 Å². The molecule has 0 aliphatic carbocycles. The summed E-state index contributed by atoms with van der Waals surface area (Å²) in [6.07, 6.45) is 1.48. The molecule has 3 rings (SSSR count). The van der Waals surface area contributed by atoms with E-state index in [9.17, 15) is 14.0 Å². The number of hydrazone groups is 1. The molecule has 30 heavy (non-hydrogen) atoms. The molecule has 3 aromatic rings. The minimum absolute atomic E-state index is 0.194. The molecule has 2 N–H and O–H groups in total. The molecule has 0 atom stereocenters. The van der Waals surface area contributed by atoms with Crippen molar-refractivity contribution < 1.29 is 18.7 Å². The Morgan fingerprint density at radius 1 is 1.03 bits per heavy atom. The van der Waals surface area contributed by atoms with Gasteiger partial charge in [-0.05, 0) is 72.3 Å². The third-order valence-electron chi connectivity index (χ3n) is 3.84. The molecule has 0 aliphatic heterocycles. The first-order chi connectivity index (χ1) is 14.5. The maximum Gasteiger partial charge on any atom is 0.271 e. The van der Waals surface area contributed by atoms with Gasteiger partial charge in [-0.2, -0.15) is 5.10 Å². The zero-order valence-electron chi connectivity index (χ0n) is 15.6. The molecule has 0 fully saturated rings. The molecule has 0 saturated carbocycles. The number of anilines is 1. The van der Waals surface area contributed by atoms with Gasteiger partial charge in [0.15, 0.2) is 6.61 Å². The minimum Gasteiger partial charge on any atom is -0.484 e. The van der Waals surface area contributed by atoms with Gasteiger partial charge in [-0.3, -0.25) is 9.59 Å². The first-order valence-corrected chi connectivity index (χ1v) is 9.25. The van der Waals surface area contributed by atoms with E-state index in [1.807, 2.05) is 0 Å². The van der Waals surface area contributed by atoms with Crippen molar-refractivity contribution >= 4 is 35.3 Å². The van der Waals surface area contributed by atoms with Gasteiger partial charge >= 0.3 is 0 Å². The van der Waals surface area contributed by atoms with Crippen molar-refractivity contribution in [1.29, 1.82) is 0 Å². The monoisotopic (exact) mass is 425 g/mol. The highest BCUT2D eigenvalue weighted by Gasteiger charge is 2.05. The topological polar surface area (TPSA) is 79.8 Å². The van der Waals surface area contributed by atoms with Crippen molar-refractivity contribution in [2.75, 3.05) is 11.9 Å². The highest BCUT2D eigenvalue weighted by atomic mass is 35.5. The smallest absolute Gasteiger partial charge is 0.271 e. The van der Waals surface area contributed by atoms with Gasteiger partial charge in [-0.15, -0.1) is 0 Å². The van der Waals surface area contributed by atoms with Crippen LogP contribution in [-0.4, -0.2) is 24.6 Å². The predicted molar refractivity (Wildman–Crippen MR) is 113 cm³/mol. The lowest BCUT2D eigenvalue weighted by Crippen LogP contribution is -2.20. The van der Waals surface area contributed by atoms with Gasteiger partial charge in [0, 0.05) is 16.3 Å². The number of nitrogens with one attached hydrogen (secondary N) is 2. The second-order valence-electron chi connectivity index (χ2n) is 6.12. The first kappa shape index (κ1) is 21.0. The van der Waals surface area contributed by atoms with E-state index < -0.39 is 0 Å². The summed E-state index contributed by atoms with van der Waals surface area (Å²) in [5, 5.41) is 6.98. The summed E-state index contributed by atoms with van der Waals surface area (Å²) in [5.41, 5.74) is 4.03. The highest BCUT2D eigenvalue weighted by molar-refractivity contribution is 6.30. The number of benzene rings is 3. The van der Waals surface area contributed by atoms with Gasteiger partial charge in [0.05, 0.1) is 6.21 Å². The average Bonchev–Trinajstić information content (AvgIpc) is 2.75. The lowest BCUT2D eigenvalue weighted by Gasteiger charge is -2.07. The van der Waals surface area contributed by atoms with E-state index in [1.165, 1.54) is 30.5 Å². The number of nitrogens with zero attached hydrogens (tertiary/aromatic N) is 1. The van der Waals surface area contributed by atoms with Gasteiger partial charge in [0.2, 0.25) is 0 Å². The van der Waals surface area contributed by atoms with Crippen LogP contribution < -0.4 is 15.5 Å². The Labute approximate surface area is 177 Å². The number of rotatable bonds is 7. The lowest BCUT2D eigenvalue weighted by molar-refractivity contribution is -0.118. The van der Waals surface area contributed by atoms with Crippen molar-refractivity contribution in [2.45, 2.75) is 0 Å². The summed E-state index contributed by atoms with van der Waals surface area (Å²) < 4.78 is 18.3. The molecule has 152 valence electrons. The van der Waals surface area contributed by atoms with Crippen molar-refractivity contribution in [3.63, 3.8) is 0 Å². The fourth-order valence-electron chi connectivity index (χ4n) is 2.39. The standard InChI is InChI=1S/C22H17ClFN3O3/c23-17-3-1-2-16(12-17)22(29)27-25-13-15-4-10-20(11-5-15)30-14-21(28)26-19-8-6-18(24)7-9-19/h1-13H,14H2,(H,26,28)(H,27,29)/b25-13-. The number of hydrogen-bond donors (Lipinski definition) is 2. The molecule has 0 heterocycles. The van der Waals surface area contributed by atoms with E-state index in [2.05, 4.69) is 15.8 Å². The second kappa shape index (κ2) is 10.2. The Kier molecular flexibility index (Phi) is 7.13. The van der Waals surface area contributed by atoms with Crippen LogP contribution in [0.15, 0.2) is 77.9 Å². The van der Waals surface area contributed by atoms with Crippen LogP contribution >= 0.6 is 11.6 Å². The van der Waals surface area contributed by atoms with E-state index in [4.69, 9.17) is 16.3 Å². The van der Waals surface area contributed by atoms with Crippen LogP contribution in [0.25, 0.3) is 0 Å². The van der Waals surface area contributed by atoms with Crippen molar-refractivity contribution in [3.8, 4) is 5.75 Å². The average molecular weight is 426 g/mol. The normalized spacial score (nSPS) is 10.6. The van der Waals surface area contributed by atoms with E-state index in [1.54, 1.807) is 48.5 Å². The Morgan fingerprint density at radius 2 is 1.77 bits per heavy atom. The van der Waals surface area contributed by atoms with Crippen LogP contribution in [0.5, 0.6) is 5.75 Å². The molecule has 8 heteroatoms. The van der Waals surface area contributed by atoms with Crippen LogP contribution in [0.3, 0.4) is 0 Å². The molecular weight excluding hydrogens is 409 g/mol. The Hall–Kier alpha value is -3.71. The van der Waals surface area contributed by atoms with Crippen LogP contribution in [0.4, 0.5) is 10.1 Å². The van der Waals surface area contributed by atoms with Gasteiger partial charge in [-0.1, -0.05) is 17.7 Å². The molecule has 0 aromatic heterocycles. The number of carbonyl (C=O) groups excluding carboxylic acids is 2. The molecule has 0 spiro atoms. The third-order valence-corrected chi connectivity index (χ3v) is 4.08. The summed E-state index contributed by atoms with van der Waals surface area (Å²) in [4.78, 5) is 23.9. The first-order valence-electron chi connectivity index (χ1n) is 8.87. The highest BCUT2D eigenvalue weighted by Crippen LogP contribution is 2.13. The fraction of sp³-hybridized carbons (Fsp3) is 0.0455. The van der Waals surface area contributed by atoms with E-state index >= 15 is 0 Å². The van der Waals surface area contributed by atoms with Gasteiger partial charge in [-0.25, -0.2) is 9.82 Å². The van der Waals surface area contributed by atoms with Gasteiger partial charge < -0.3 is 10.1 Å². The molecule has 0 aliphatic rings. The molecule has 0 saturated heterocycles. The quantitative estimate of drug-likeness (QED) is 0.438. The van der Waals surface area contributed by atoms with E-state index in [0.717, 1.165) is 5.56 Å². The molecule has 6 nitrogen and oxygen atoms in total. The summed E-state index contributed by atoms with van der Waals surface area (Å²) in [5.74, 6) is -0.627. The number of amides is 2. The zero-order valence-corrected chi connectivity index (χ0v) is 16.4. The molecule has 0 unspecified atom stereocenters. The largest absolute Gasteiger partial charge is 0.484 e. The van der Waals surface area contributed by atoms with Gasteiger partial charge in [0.25, 0.3) is 11.8 Å². The summed E-state index contributed by atoms with van der Waals surface area (Å²) in [6.45, 7) is -0.194. The summed E-state index contributed by atoms with van der Waals surface area (Å²) >= 11 is 5.86. The zero-order chi connectivity index (χ0) is 21.3. The number of ether oxygens (including phenoxy) is 1. The Balaban J connectivity index is 1.46. The van der Waals surface area contributed by atoms with Crippen LogP contribution in [-0.2, 0) is 4.79 Å². The maximum absolute atomic E-state index is 12.9. The number of hydrogen-bond acceptors (Lipinski definition) is 4. The number of halogens is 2. The molecule has 3 aromatic carbocycles. The van der Waals surface area contributed by atoms with Crippen molar-refractivity contribution in [3.05, 3.63) is 94.8 Å². The fourth-order valence-corrected chi connectivity index (χ4v) is 2.58. The van der Waals surface area contributed by atoms with Crippen LogP contribution in [0, 0.1) is 5.82 Å². The summed E-state index contributed by atoms with van der Waals surface area (Å²) in [7, 11) is 0. The Morgan fingerprint density at radius 3 is 2.47 bits per heavy atom. The van der Waals surface area contributed by atoms with Crippen LogP contribution in [0.1, 0.15) is 15.9 Å².